The fourth-order valence-electron chi connectivity index (χ4n) is 2.51. The summed E-state index contributed by atoms with van der Waals surface area (Å²) in [7, 11) is 0. The minimum Gasteiger partial charge on any atom is -0.392 e. The van der Waals surface area contributed by atoms with Crippen molar-refractivity contribution in [1.29, 1.82) is 0 Å². The van der Waals surface area contributed by atoms with Crippen molar-refractivity contribution in [2.24, 2.45) is 0 Å². The zero-order valence-corrected chi connectivity index (χ0v) is 13.4. The van der Waals surface area contributed by atoms with Crippen LogP contribution in [-0.2, 0) is 13.0 Å². The molecule has 0 saturated carbocycles. The molecule has 1 atom stereocenters. The van der Waals surface area contributed by atoms with Crippen molar-refractivity contribution >= 4 is 0 Å². The van der Waals surface area contributed by atoms with Crippen LogP contribution < -0.4 is 10.6 Å². The summed E-state index contributed by atoms with van der Waals surface area (Å²) < 4.78 is 0. The van der Waals surface area contributed by atoms with Crippen molar-refractivity contribution in [1.82, 2.24) is 10.6 Å². The van der Waals surface area contributed by atoms with Gasteiger partial charge in [-0.3, -0.25) is 0 Å². The number of aliphatic hydroxyl groups excluding tert-OH is 1. The molecule has 0 bridgehead atoms. The lowest BCUT2D eigenvalue weighted by molar-refractivity contribution is 0.0268. The summed E-state index contributed by atoms with van der Waals surface area (Å²) >= 11 is 0. The van der Waals surface area contributed by atoms with Crippen LogP contribution in [0.2, 0.25) is 0 Å². The van der Waals surface area contributed by atoms with Crippen LogP contribution in [-0.4, -0.2) is 35.6 Å². The molecule has 0 amide bonds. The van der Waals surface area contributed by atoms with Gasteiger partial charge < -0.3 is 20.8 Å². The van der Waals surface area contributed by atoms with Gasteiger partial charge in [0.05, 0.1) is 12.2 Å². The SMILES string of the molecule is CCCC(O)(CC)CNCNCCc1ccccc1CO. The molecule has 0 aliphatic rings. The smallest absolute Gasteiger partial charge is 0.0769 e. The Morgan fingerprint density at radius 3 is 2.43 bits per heavy atom. The van der Waals surface area contributed by atoms with Crippen molar-refractivity contribution in [2.75, 3.05) is 19.8 Å². The van der Waals surface area contributed by atoms with E-state index in [0.29, 0.717) is 13.2 Å². The van der Waals surface area contributed by atoms with Gasteiger partial charge >= 0.3 is 0 Å². The van der Waals surface area contributed by atoms with Crippen molar-refractivity contribution < 1.29 is 10.2 Å². The molecule has 0 fully saturated rings. The molecular weight excluding hydrogens is 264 g/mol. The van der Waals surface area contributed by atoms with Crippen LogP contribution in [0, 0.1) is 0 Å². The predicted molar refractivity (Wildman–Crippen MR) is 87.1 cm³/mol. The minimum absolute atomic E-state index is 0.0922. The predicted octanol–water partition coefficient (Wildman–Crippen LogP) is 1.80. The van der Waals surface area contributed by atoms with E-state index in [-0.39, 0.29) is 6.61 Å². The first kappa shape index (κ1) is 18.1. The highest BCUT2D eigenvalue weighted by atomic mass is 16.3. The van der Waals surface area contributed by atoms with Crippen LogP contribution in [0.5, 0.6) is 0 Å². The van der Waals surface area contributed by atoms with Gasteiger partial charge in [0, 0.05) is 19.8 Å². The van der Waals surface area contributed by atoms with Crippen LogP contribution in [0.15, 0.2) is 24.3 Å². The lowest BCUT2D eigenvalue weighted by Gasteiger charge is -2.26. The number of aliphatic hydroxyl groups is 2. The Hall–Kier alpha value is -0.940. The van der Waals surface area contributed by atoms with Crippen molar-refractivity contribution in [3.63, 3.8) is 0 Å². The molecule has 0 radical (unpaired) electrons. The molecule has 0 heterocycles. The largest absolute Gasteiger partial charge is 0.392 e. The molecule has 4 heteroatoms. The minimum atomic E-state index is -0.583. The summed E-state index contributed by atoms with van der Waals surface area (Å²) in [4.78, 5) is 0. The van der Waals surface area contributed by atoms with Crippen molar-refractivity contribution in [3.8, 4) is 0 Å². The highest BCUT2D eigenvalue weighted by molar-refractivity contribution is 5.26. The summed E-state index contributed by atoms with van der Waals surface area (Å²) in [6, 6.07) is 7.96. The summed E-state index contributed by atoms with van der Waals surface area (Å²) in [6.07, 6.45) is 3.50. The molecule has 4 nitrogen and oxygen atoms in total. The molecule has 0 aliphatic carbocycles. The molecule has 0 spiro atoms. The number of nitrogens with one attached hydrogen (secondary N) is 2. The first-order valence-electron chi connectivity index (χ1n) is 7.96. The van der Waals surface area contributed by atoms with Crippen LogP contribution in [0.25, 0.3) is 0 Å². The summed E-state index contributed by atoms with van der Waals surface area (Å²) in [5.74, 6) is 0. The van der Waals surface area contributed by atoms with Crippen LogP contribution in [0.1, 0.15) is 44.2 Å². The highest BCUT2D eigenvalue weighted by Crippen LogP contribution is 2.15. The van der Waals surface area contributed by atoms with E-state index in [1.54, 1.807) is 0 Å². The summed E-state index contributed by atoms with van der Waals surface area (Å²) in [6.45, 7) is 6.37. The highest BCUT2D eigenvalue weighted by Gasteiger charge is 2.22. The van der Waals surface area contributed by atoms with Gasteiger partial charge in [-0.05, 0) is 30.4 Å². The van der Waals surface area contributed by atoms with Gasteiger partial charge in [0.25, 0.3) is 0 Å². The second kappa shape index (κ2) is 9.90. The van der Waals surface area contributed by atoms with Gasteiger partial charge in [-0.15, -0.1) is 0 Å². The second-order valence-electron chi connectivity index (χ2n) is 5.61. The third kappa shape index (κ3) is 6.57. The van der Waals surface area contributed by atoms with Gasteiger partial charge in [-0.25, -0.2) is 0 Å². The van der Waals surface area contributed by atoms with E-state index in [9.17, 15) is 10.2 Å². The normalized spacial score (nSPS) is 14.1. The third-order valence-electron chi connectivity index (χ3n) is 3.94. The van der Waals surface area contributed by atoms with E-state index in [4.69, 9.17) is 0 Å². The number of benzene rings is 1. The maximum absolute atomic E-state index is 10.3. The Morgan fingerprint density at radius 1 is 1.10 bits per heavy atom. The first-order valence-corrected chi connectivity index (χ1v) is 7.96. The zero-order valence-electron chi connectivity index (χ0n) is 13.4. The van der Waals surface area contributed by atoms with E-state index < -0.39 is 5.60 Å². The van der Waals surface area contributed by atoms with Crippen molar-refractivity contribution in [3.05, 3.63) is 35.4 Å². The van der Waals surface area contributed by atoms with Crippen molar-refractivity contribution in [2.45, 2.75) is 51.7 Å². The van der Waals surface area contributed by atoms with E-state index in [0.717, 1.165) is 37.8 Å². The standard InChI is InChI=1S/C17H30N2O2/c1-3-10-17(21,4-2)13-19-14-18-11-9-15-7-5-6-8-16(15)12-20/h5-8,18-21H,3-4,9-14H2,1-2H3. The Labute approximate surface area is 128 Å². The van der Waals surface area contributed by atoms with Gasteiger partial charge in [-0.2, -0.15) is 0 Å². The maximum atomic E-state index is 10.3. The van der Waals surface area contributed by atoms with E-state index >= 15 is 0 Å². The summed E-state index contributed by atoms with van der Waals surface area (Å²) in [5.41, 5.74) is 1.60. The van der Waals surface area contributed by atoms with Gasteiger partial charge in [0.1, 0.15) is 0 Å². The second-order valence-corrected chi connectivity index (χ2v) is 5.61. The number of hydrogen-bond acceptors (Lipinski definition) is 4. The Balaban J connectivity index is 2.20. The maximum Gasteiger partial charge on any atom is 0.0769 e. The van der Waals surface area contributed by atoms with E-state index in [1.165, 1.54) is 5.56 Å². The topological polar surface area (TPSA) is 64.5 Å². The average Bonchev–Trinajstić information content (AvgIpc) is 2.51. The molecule has 1 aromatic carbocycles. The lowest BCUT2D eigenvalue weighted by Crippen LogP contribution is -2.43. The van der Waals surface area contributed by atoms with E-state index in [1.807, 2.05) is 25.1 Å². The molecule has 0 aromatic heterocycles. The van der Waals surface area contributed by atoms with Crippen LogP contribution in [0.3, 0.4) is 0 Å². The quantitative estimate of drug-likeness (QED) is 0.371. The Bertz CT molecular complexity index is 398. The Kier molecular flexibility index (Phi) is 8.54. The molecule has 1 unspecified atom stereocenters. The molecule has 4 N–H and O–H groups in total. The van der Waals surface area contributed by atoms with Crippen LogP contribution >= 0.6 is 0 Å². The lowest BCUT2D eigenvalue weighted by atomic mass is 9.95. The zero-order chi connectivity index (χ0) is 15.6. The fourth-order valence-corrected chi connectivity index (χ4v) is 2.51. The fraction of sp³-hybridized carbons (Fsp3) is 0.647. The summed E-state index contributed by atoms with van der Waals surface area (Å²) in [5, 5.41) is 26.2. The van der Waals surface area contributed by atoms with Gasteiger partial charge in [0.2, 0.25) is 0 Å². The third-order valence-corrected chi connectivity index (χ3v) is 3.94. The molecule has 0 saturated heterocycles. The van der Waals surface area contributed by atoms with Gasteiger partial charge in [0.15, 0.2) is 0 Å². The van der Waals surface area contributed by atoms with Gasteiger partial charge in [-0.1, -0.05) is 44.5 Å². The molecular formula is C17H30N2O2. The molecule has 0 aliphatic heterocycles. The molecule has 1 rings (SSSR count). The molecule has 21 heavy (non-hydrogen) atoms. The monoisotopic (exact) mass is 294 g/mol. The molecule has 1 aromatic rings. The first-order chi connectivity index (χ1) is 10.1. The number of rotatable bonds is 11. The number of hydrogen-bond donors (Lipinski definition) is 4. The van der Waals surface area contributed by atoms with Crippen LogP contribution in [0.4, 0.5) is 0 Å². The Morgan fingerprint density at radius 2 is 1.81 bits per heavy atom. The van der Waals surface area contributed by atoms with E-state index in [2.05, 4.69) is 23.6 Å². The molecule has 120 valence electrons. The average molecular weight is 294 g/mol.